The van der Waals surface area contributed by atoms with E-state index in [1.54, 1.807) is 6.20 Å². The molecule has 0 radical (unpaired) electrons. The van der Waals surface area contributed by atoms with Gasteiger partial charge in [-0.2, -0.15) is 5.10 Å². The number of carbonyl (C=O) groups excluding carboxylic acids is 1. The Labute approximate surface area is 135 Å². The molecule has 3 aromatic rings. The van der Waals surface area contributed by atoms with Gasteiger partial charge in [0.1, 0.15) is 0 Å². The summed E-state index contributed by atoms with van der Waals surface area (Å²) in [5.74, 6) is 0.426. The van der Waals surface area contributed by atoms with Crippen LogP contribution in [0.15, 0.2) is 60.8 Å². The maximum Gasteiger partial charge on any atom is 0.166 e. The number of fused-ring (bicyclic) bond motifs is 1. The molecule has 0 N–H and O–H groups in total. The van der Waals surface area contributed by atoms with E-state index >= 15 is 0 Å². The van der Waals surface area contributed by atoms with E-state index in [1.807, 2.05) is 22.9 Å². The molecule has 2 aromatic carbocycles. The van der Waals surface area contributed by atoms with Crippen LogP contribution < -0.4 is 0 Å². The monoisotopic (exact) mass is 302 g/mol. The molecule has 0 bridgehead atoms. The third-order valence-corrected chi connectivity index (χ3v) is 4.59. The Morgan fingerprint density at radius 2 is 1.74 bits per heavy atom. The lowest BCUT2D eigenvalue weighted by Gasteiger charge is -2.23. The summed E-state index contributed by atoms with van der Waals surface area (Å²) in [5.41, 5.74) is 5.26. The van der Waals surface area contributed by atoms with E-state index in [1.165, 1.54) is 11.1 Å². The van der Waals surface area contributed by atoms with Gasteiger partial charge in [0.2, 0.25) is 0 Å². The summed E-state index contributed by atoms with van der Waals surface area (Å²) < 4.78 is 1.92. The first-order chi connectivity index (χ1) is 11.2. The predicted octanol–water partition coefficient (Wildman–Crippen LogP) is 4.09. The molecule has 0 saturated carbocycles. The fraction of sp³-hybridized carbons (Fsp3) is 0.200. The minimum atomic E-state index is 0.193. The predicted molar refractivity (Wildman–Crippen MR) is 90.1 cm³/mol. The van der Waals surface area contributed by atoms with Crippen molar-refractivity contribution in [3.8, 4) is 5.69 Å². The van der Waals surface area contributed by atoms with Gasteiger partial charge in [-0.25, -0.2) is 4.68 Å². The summed E-state index contributed by atoms with van der Waals surface area (Å²) in [5, 5.41) is 4.47. The van der Waals surface area contributed by atoms with Crippen LogP contribution in [0, 0.1) is 6.92 Å². The van der Waals surface area contributed by atoms with Gasteiger partial charge in [-0.3, -0.25) is 4.79 Å². The lowest BCUT2D eigenvalue weighted by molar-refractivity contribution is 0.0964. The molecule has 1 aliphatic rings. The van der Waals surface area contributed by atoms with Crippen molar-refractivity contribution in [2.45, 2.75) is 25.7 Å². The van der Waals surface area contributed by atoms with Crippen molar-refractivity contribution in [3.63, 3.8) is 0 Å². The lowest BCUT2D eigenvalue weighted by Crippen LogP contribution is -2.20. The van der Waals surface area contributed by atoms with Gasteiger partial charge >= 0.3 is 0 Å². The largest absolute Gasteiger partial charge is 0.294 e. The Morgan fingerprint density at radius 1 is 1.00 bits per heavy atom. The summed E-state index contributed by atoms with van der Waals surface area (Å²) in [6.45, 7) is 2.07. The molecule has 0 aliphatic heterocycles. The van der Waals surface area contributed by atoms with Gasteiger partial charge in [-0.15, -0.1) is 0 Å². The van der Waals surface area contributed by atoms with Crippen LogP contribution in [0.3, 0.4) is 0 Å². The molecule has 114 valence electrons. The summed E-state index contributed by atoms with van der Waals surface area (Å²) >= 11 is 0. The van der Waals surface area contributed by atoms with Gasteiger partial charge in [0.25, 0.3) is 0 Å². The number of aryl methyl sites for hydroxylation is 1. The zero-order chi connectivity index (χ0) is 15.8. The quantitative estimate of drug-likeness (QED) is 0.714. The number of Topliss-reactive ketones (excluding diaryl/α,β-unsaturated/α-hetero) is 1. The summed E-state index contributed by atoms with van der Waals surface area (Å²) in [6.07, 6.45) is 3.13. The van der Waals surface area contributed by atoms with E-state index in [4.69, 9.17) is 0 Å². The second kappa shape index (κ2) is 5.51. The topological polar surface area (TPSA) is 34.9 Å². The average molecular weight is 302 g/mol. The maximum atomic E-state index is 12.5. The van der Waals surface area contributed by atoms with Crippen molar-refractivity contribution in [2.24, 2.45) is 0 Å². The Morgan fingerprint density at radius 3 is 2.48 bits per heavy atom. The van der Waals surface area contributed by atoms with E-state index in [9.17, 15) is 4.79 Å². The zero-order valence-corrected chi connectivity index (χ0v) is 13.1. The highest BCUT2D eigenvalue weighted by Gasteiger charge is 2.29. The molecule has 1 atom stereocenters. The third-order valence-electron chi connectivity index (χ3n) is 4.59. The first kappa shape index (κ1) is 13.9. The number of hydrogen-bond acceptors (Lipinski definition) is 2. The fourth-order valence-electron chi connectivity index (χ4n) is 3.31. The molecule has 0 saturated heterocycles. The Hall–Kier alpha value is -2.68. The summed E-state index contributed by atoms with van der Waals surface area (Å²) in [4.78, 5) is 12.5. The molecule has 0 fully saturated rings. The van der Waals surface area contributed by atoms with Crippen LogP contribution >= 0.6 is 0 Å². The molecule has 4 rings (SSSR count). The van der Waals surface area contributed by atoms with Crippen molar-refractivity contribution in [1.29, 1.82) is 0 Å². The number of aromatic nitrogens is 2. The molecule has 3 nitrogen and oxygen atoms in total. The van der Waals surface area contributed by atoms with E-state index in [0.29, 0.717) is 6.42 Å². The van der Waals surface area contributed by atoms with E-state index in [2.05, 4.69) is 48.4 Å². The molecule has 1 aromatic heterocycles. The van der Waals surface area contributed by atoms with Gasteiger partial charge in [0.05, 0.1) is 23.1 Å². The number of rotatable bonds is 2. The molecular weight excluding hydrogens is 284 g/mol. The normalized spacial score (nSPS) is 17.1. The number of benzene rings is 2. The van der Waals surface area contributed by atoms with E-state index in [-0.39, 0.29) is 11.7 Å². The van der Waals surface area contributed by atoms with Gasteiger partial charge in [-0.1, -0.05) is 48.0 Å². The minimum absolute atomic E-state index is 0.193. The van der Waals surface area contributed by atoms with Crippen molar-refractivity contribution >= 4 is 5.78 Å². The number of hydrogen-bond donors (Lipinski definition) is 0. The van der Waals surface area contributed by atoms with Crippen LogP contribution in [-0.4, -0.2) is 15.6 Å². The third kappa shape index (κ3) is 2.48. The number of nitrogens with zero attached hydrogens (tertiary/aromatic N) is 2. The van der Waals surface area contributed by atoms with Gasteiger partial charge in [-0.05, 0) is 37.0 Å². The Bertz CT molecular complexity index is 847. The zero-order valence-electron chi connectivity index (χ0n) is 13.1. The molecule has 0 amide bonds. The van der Waals surface area contributed by atoms with Crippen molar-refractivity contribution in [2.75, 3.05) is 0 Å². The molecule has 23 heavy (non-hydrogen) atoms. The second-order valence-corrected chi connectivity index (χ2v) is 6.19. The van der Waals surface area contributed by atoms with Crippen LogP contribution in [0.2, 0.25) is 0 Å². The SMILES string of the molecule is Cc1ccc(-n2ncc3c2C[C@@H](c2ccccc2)CC3=O)cc1. The van der Waals surface area contributed by atoms with E-state index in [0.717, 1.165) is 23.4 Å². The highest BCUT2D eigenvalue weighted by atomic mass is 16.1. The Balaban J connectivity index is 1.75. The standard InChI is InChI=1S/C20H18N2O/c1-14-7-9-17(10-8-14)22-19-11-16(15-5-3-2-4-6-15)12-20(23)18(19)13-21-22/h2-10,13,16H,11-12H2,1H3/t16-/m1/s1. The first-order valence-electron chi connectivity index (χ1n) is 7.94. The average Bonchev–Trinajstić information content (AvgIpc) is 3.01. The molecule has 1 aliphatic carbocycles. The van der Waals surface area contributed by atoms with Crippen LogP contribution in [0.25, 0.3) is 5.69 Å². The highest BCUT2D eigenvalue weighted by Crippen LogP contribution is 2.33. The van der Waals surface area contributed by atoms with Crippen LogP contribution in [0.1, 0.15) is 39.5 Å². The lowest BCUT2D eigenvalue weighted by atomic mass is 9.82. The van der Waals surface area contributed by atoms with E-state index < -0.39 is 0 Å². The Kier molecular flexibility index (Phi) is 3.34. The smallest absolute Gasteiger partial charge is 0.166 e. The molecule has 0 unspecified atom stereocenters. The molecular formula is C20H18N2O. The number of carbonyl (C=O) groups is 1. The molecule has 0 spiro atoms. The minimum Gasteiger partial charge on any atom is -0.294 e. The number of ketones is 1. The van der Waals surface area contributed by atoms with Gasteiger partial charge in [0, 0.05) is 6.42 Å². The van der Waals surface area contributed by atoms with Gasteiger partial charge in [0.15, 0.2) is 5.78 Å². The van der Waals surface area contributed by atoms with Gasteiger partial charge < -0.3 is 0 Å². The first-order valence-corrected chi connectivity index (χ1v) is 7.94. The van der Waals surface area contributed by atoms with Crippen molar-refractivity contribution in [3.05, 3.63) is 83.2 Å². The fourth-order valence-corrected chi connectivity index (χ4v) is 3.31. The van der Waals surface area contributed by atoms with Crippen LogP contribution in [0.4, 0.5) is 0 Å². The second-order valence-electron chi connectivity index (χ2n) is 6.19. The summed E-state index contributed by atoms with van der Waals surface area (Å²) in [7, 11) is 0. The molecule has 3 heteroatoms. The van der Waals surface area contributed by atoms with Crippen molar-refractivity contribution in [1.82, 2.24) is 9.78 Å². The summed E-state index contributed by atoms with van der Waals surface area (Å²) in [6, 6.07) is 18.5. The maximum absolute atomic E-state index is 12.5. The highest BCUT2D eigenvalue weighted by molar-refractivity contribution is 5.98. The van der Waals surface area contributed by atoms with Crippen LogP contribution in [0.5, 0.6) is 0 Å². The van der Waals surface area contributed by atoms with Crippen molar-refractivity contribution < 1.29 is 4.79 Å². The molecule has 1 heterocycles. The van der Waals surface area contributed by atoms with Crippen LogP contribution in [-0.2, 0) is 6.42 Å².